The van der Waals surface area contributed by atoms with E-state index in [1.54, 1.807) is 19.0 Å². The molecule has 6 heteroatoms. The first-order chi connectivity index (χ1) is 10.5. The summed E-state index contributed by atoms with van der Waals surface area (Å²) < 4.78 is 11.7. The first kappa shape index (κ1) is 15.1. The molecule has 0 aromatic carbocycles. The van der Waals surface area contributed by atoms with Gasteiger partial charge in [0.2, 0.25) is 5.96 Å². The number of carbonyl (C=O) groups excluding carboxylic acids is 1. The van der Waals surface area contributed by atoms with Crippen LogP contribution in [-0.2, 0) is 14.3 Å². The summed E-state index contributed by atoms with van der Waals surface area (Å²) in [5, 5.41) is 3.32. The molecule has 3 heterocycles. The Hall–Kier alpha value is -1.82. The number of allylic oxidation sites excluding steroid dienone is 1. The minimum absolute atomic E-state index is 0.0180. The third-order valence-corrected chi connectivity index (χ3v) is 4.79. The Labute approximate surface area is 130 Å². The maximum Gasteiger partial charge on any atom is 0.259 e. The van der Waals surface area contributed by atoms with E-state index in [0.717, 1.165) is 25.0 Å². The van der Waals surface area contributed by atoms with E-state index < -0.39 is 11.1 Å². The van der Waals surface area contributed by atoms with E-state index in [2.05, 4.69) is 16.9 Å². The van der Waals surface area contributed by atoms with E-state index in [9.17, 15) is 4.79 Å². The fourth-order valence-corrected chi connectivity index (χ4v) is 3.84. The molecule has 2 spiro atoms. The predicted octanol–water partition coefficient (Wildman–Crippen LogP) is 1.20. The van der Waals surface area contributed by atoms with Crippen LogP contribution in [0.3, 0.4) is 0 Å². The van der Waals surface area contributed by atoms with Gasteiger partial charge in [0.1, 0.15) is 11.4 Å². The third kappa shape index (κ3) is 1.97. The van der Waals surface area contributed by atoms with Gasteiger partial charge in [-0.2, -0.15) is 0 Å². The van der Waals surface area contributed by atoms with Crippen molar-refractivity contribution in [3.05, 3.63) is 24.0 Å². The summed E-state index contributed by atoms with van der Waals surface area (Å²) in [4.78, 5) is 18.7. The number of carbonyl (C=O) groups is 1. The van der Waals surface area contributed by atoms with Gasteiger partial charge in [-0.3, -0.25) is 14.7 Å². The smallest absolute Gasteiger partial charge is 0.259 e. The molecule has 3 aliphatic heterocycles. The second-order valence-electron chi connectivity index (χ2n) is 6.19. The predicted molar refractivity (Wildman–Crippen MR) is 83.4 cm³/mol. The minimum Gasteiger partial charge on any atom is -0.485 e. The summed E-state index contributed by atoms with van der Waals surface area (Å²) in [5.41, 5.74) is -0.553. The Morgan fingerprint density at radius 3 is 2.82 bits per heavy atom. The van der Waals surface area contributed by atoms with Crippen LogP contribution >= 0.6 is 0 Å². The van der Waals surface area contributed by atoms with E-state index in [1.165, 1.54) is 0 Å². The number of likely N-dealkylation sites (N-methyl/N-ethyl adjacent to an activating group) is 1. The Morgan fingerprint density at radius 2 is 2.27 bits per heavy atom. The van der Waals surface area contributed by atoms with Crippen LogP contribution in [0.15, 0.2) is 29.0 Å². The summed E-state index contributed by atoms with van der Waals surface area (Å²) in [6.07, 6.45) is 4.21. The van der Waals surface area contributed by atoms with E-state index >= 15 is 0 Å². The SMILES string of the molecule is C=C1OC2(CCCOC2)CC2(NC(=NC)N(C)C2=O)C1=CC. The lowest BCUT2D eigenvalue weighted by Crippen LogP contribution is -2.60. The number of ether oxygens (including phenoxy) is 2. The molecule has 0 aromatic rings. The average molecular weight is 305 g/mol. The highest BCUT2D eigenvalue weighted by Crippen LogP contribution is 2.46. The number of guanidine groups is 1. The van der Waals surface area contributed by atoms with Gasteiger partial charge < -0.3 is 14.8 Å². The quantitative estimate of drug-likeness (QED) is 0.730. The molecule has 3 saturated heterocycles. The number of nitrogens with one attached hydrogen (secondary N) is 1. The molecule has 22 heavy (non-hydrogen) atoms. The summed E-state index contributed by atoms with van der Waals surface area (Å²) in [5.74, 6) is 1.10. The Morgan fingerprint density at radius 1 is 1.50 bits per heavy atom. The molecule has 0 radical (unpaired) electrons. The normalized spacial score (nSPS) is 39.0. The van der Waals surface area contributed by atoms with Gasteiger partial charge in [0, 0.05) is 32.7 Å². The van der Waals surface area contributed by atoms with E-state index in [-0.39, 0.29) is 5.91 Å². The highest BCUT2D eigenvalue weighted by atomic mass is 16.5. The summed E-state index contributed by atoms with van der Waals surface area (Å²) >= 11 is 0. The largest absolute Gasteiger partial charge is 0.485 e. The van der Waals surface area contributed by atoms with Gasteiger partial charge >= 0.3 is 0 Å². The number of hydrogen-bond donors (Lipinski definition) is 1. The van der Waals surface area contributed by atoms with E-state index in [4.69, 9.17) is 9.47 Å². The van der Waals surface area contributed by atoms with Crippen molar-refractivity contribution >= 4 is 11.9 Å². The van der Waals surface area contributed by atoms with Crippen LogP contribution in [0.25, 0.3) is 0 Å². The van der Waals surface area contributed by atoms with Gasteiger partial charge in [-0.15, -0.1) is 0 Å². The van der Waals surface area contributed by atoms with E-state index in [1.807, 2.05) is 13.0 Å². The fourth-order valence-electron chi connectivity index (χ4n) is 3.84. The Bertz CT molecular complexity index is 575. The van der Waals surface area contributed by atoms with Crippen molar-refractivity contribution in [1.29, 1.82) is 0 Å². The molecule has 1 N–H and O–H groups in total. The Kier molecular flexibility index (Phi) is 3.51. The van der Waals surface area contributed by atoms with Crippen LogP contribution in [0.5, 0.6) is 0 Å². The highest BCUT2D eigenvalue weighted by molar-refractivity contribution is 6.11. The maximum absolute atomic E-state index is 13.0. The highest BCUT2D eigenvalue weighted by Gasteiger charge is 2.60. The molecule has 1 amide bonds. The molecule has 2 unspecified atom stereocenters. The van der Waals surface area contributed by atoms with Gasteiger partial charge in [0.25, 0.3) is 5.91 Å². The molecule has 2 atom stereocenters. The average Bonchev–Trinajstić information content (AvgIpc) is 2.73. The van der Waals surface area contributed by atoms with Gasteiger partial charge in [-0.1, -0.05) is 12.7 Å². The summed E-state index contributed by atoms with van der Waals surface area (Å²) in [6, 6.07) is 0. The minimum atomic E-state index is -0.853. The fraction of sp³-hybridized carbons (Fsp3) is 0.625. The third-order valence-electron chi connectivity index (χ3n) is 4.79. The number of hydrogen-bond acceptors (Lipinski definition) is 4. The van der Waals surface area contributed by atoms with Crippen molar-refractivity contribution in [1.82, 2.24) is 10.2 Å². The molecule has 0 aliphatic carbocycles. The van der Waals surface area contributed by atoms with Crippen LogP contribution in [0.1, 0.15) is 26.2 Å². The van der Waals surface area contributed by atoms with Crippen LogP contribution < -0.4 is 5.32 Å². The van der Waals surface area contributed by atoms with Crippen LogP contribution in [0.4, 0.5) is 0 Å². The molecule has 3 rings (SSSR count). The van der Waals surface area contributed by atoms with Gasteiger partial charge in [-0.05, 0) is 19.8 Å². The molecule has 0 saturated carbocycles. The second kappa shape index (κ2) is 5.12. The zero-order valence-electron chi connectivity index (χ0n) is 13.4. The standard InChI is InChI=1S/C16H23N3O3/c1-5-12-11(2)22-15(7-6-8-21-10-15)9-16(12)13(20)19(4)14(17-3)18-16/h5H,2,6-10H2,1,3-4H3,(H,17,18). The van der Waals surface area contributed by atoms with Crippen molar-refractivity contribution in [2.45, 2.75) is 37.3 Å². The molecule has 6 nitrogen and oxygen atoms in total. The first-order valence-electron chi connectivity index (χ1n) is 7.64. The second-order valence-corrected chi connectivity index (χ2v) is 6.19. The van der Waals surface area contributed by atoms with Crippen molar-refractivity contribution < 1.29 is 14.3 Å². The molecular formula is C16H23N3O3. The van der Waals surface area contributed by atoms with Gasteiger partial charge in [0.05, 0.1) is 6.61 Å². The molecular weight excluding hydrogens is 282 g/mol. The monoisotopic (exact) mass is 305 g/mol. The zero-order chi connectivity index (χ0) is 16.0. The van der Waals surface area contributed by atoms with Crippen LogP contribution in [0, 0.1) is 0 Å². The number of aliphatic imine (C=N–C) groups is 1. The van der Waals surface area contributed by atoms with Crippen LogP contribution in [-0.4, -0.2) is 55.2 Å². The number of amides is 1. The lowest BCUT2D eigenvalue weighted by atomic mass is 9.73. The van der Waals surface area contributed by atoms with Crippen molar-refractivity contribution in [3.63, 3.8) is 0 Å². The maximum atomic E-state index is 13.0. The molecule has 0 bridgehead atoms. The van der Waals surface area contributed by atoms with E-state index in [0.29, 0.717) is 24.7 Å². The summed E-state index contributed by atoms with van der Waals surface area (Å²) in [6.45, 7) is 7.18. The summed E-state index contributed by atoms with van der Waals surface area (Å²) in [7, 11) is 3.41. The first-order valence-corrected chi connectivity index (χ1v) is 7.64. The zero-order valence-corrected chi connectivity index (χ0v) is 13.4. The van der Waals surface area contributed by atoms with Crippen molar-refractivity contribution in [2.24, 2.45) is 4.99 Å². The van der Waals surface area contributed by atoms with Gasteiger partial charge in [-0.25, -0.2) is 0 Å². The Balaban J connectivity index is 2.06. The molecule has 0 aromatic heterocycles. The lowest BCUT2D eigenvalue weighted by Gasteiger charge is -2.48. The molecule has 3 aliphatic rings. The van der Waals surface area contributed by atoms with Crippen molar-refractivity contribution in [2.75, 3.05) is 27.3 Å². The molecule has 3 fully saturated rings. The lowest BCUT2D eigenvalue weighted by molar-refractivity contribution is -0.145. The topological polar surface area (TPSA) is 63.2 Å². The van der Waals surface area contributed by atoms with Crippen molar-refractivity contribution in [3.8, 4) is 0 Å². The molecule has 120 valence electrons. The number of rotatable bonds is 0. The van der Waals surface area contributed by atoms with Crippen LogP contribution in [0.2, 0.25) is 0 Å². The van der Waals surface area contributed by atoms with Gasteiger partial charge in [0.15, 0.2) is 5.54 Å². The number of nitrogens with zero attached hydrogens (tertiary/aromatic N) is 2.